The van der Waals surface area contributed by atoms with Gasteiger partial charge < -0.3 is 9.47 Å². The number of nitrogens with one attached hydrogen (secondary N) is 1. The summed E-state index contributed by atoms with van der Waals surface area (Å²) in [5.41, 5.74) is 2.35. The van der Waals surface area contributed by atoms with Crippen molar-refractivity contribution in [3.8, 4) is 12.0 Å². The van der Waals surface area contributed by atoms with Crippen LogP contribution in [0.1, 0.15) is 19.3 Å². The standard InChI is InChI=1S/C11H20N6O2/c1-18-10-13-9(16-12)14-11(15-10)19-8-7-17-5-3-2-4-6-17/h2-8,12H2,1H3,(H,13,14,15,16). The third-order valence-corrected chi connectivity index (χ3v) is 2.99. The molecule has 0 radical (unpaired) electrons. The second kappa shape index (κ2) is 7.05. The Morgan fingerprint density at radius 2 is 1.89 bits per heavy atom. The van der Waals surface area contributed by atoms with E-state index in [0.717, 1.165) is 19.6 Å². The molecule has 2 rings (SSSR count). The summed E-state index contributed by atoms with van der Waals surface area (Å²) in [5.74, 6) is 5.49. The predicted octanol–water partition coefficient (Wildman–Crippen LogP) is 0.0305. The number of nitrogens with zero attached hydrogens (tertiary/aromatic N) is 4. The molecule has 0 unspecified atom stereocenters. The Labute approximate surface area is 112 Å². The van der Waals surface area contributed by atoms with Crippen LogP contribution in [-0.2, 0) is 0 Å². The summed E-state index contributed by atoms with van der Waals surface area (Å²) >= 11 is 0. The van der Waals surface area contributed by atoms with Crippen molar-refractivity contribution in [1.82, 2.24) is 19.9 Å². The zero-order valence-corrected chi connectivity index (χ0v) is 11.1. The number of hydrogen-bond acceptors (Lipinski definition) is 8. The second-order valence-corrected chi connectivity index (χ2v) is 4.32. The number of nitrogen functional groups attached to an aromatic ring is 1. The molecule has 0 spiro atoms. The van der Waals surface area contributed by atoms with Crippen LogP contribution in [0.15, 0.2) is 0 Å². The summed E-state index contributed by atoms with van der Waals surface area (Å²) in [4.78, 5) is 14.3. The van der Waals surface area contributed by atoms with E-state index in [1.54, 1.807) is 0 Å². The largest absolute Gasteiger partial charge is 0.467 e. The van der Waals surface area contributed by atoms with Crippen LogP contribution in [0.4, 0.5) is 5.95 Å². The average molecular weight is 268 g/mol. The number of aromatic nitrogens is 3. The van der Waals surface area contributed by atoms with Gasteiger partial charge in [-0.15, -0.1) is 4.98 Å². The number of ether oxygens (including phenoxy) is 2. The molecule has 106 valence electrons. The first-order valence-corrected chi connectivity index (χ1v) is 6.43. The van der Waals surface area contributed by atoms with Gasteiger partial charge in [0.25, 0.3) is 0 Å². The molecule has 19 heavy (non-hydrogen) atoms. The predicted molar refractivity (Wildman–Crippen MR) is 70.0 cm³/mol. The van der Waals surface area contributed by atoms with Gasteiger partial charge in [-0.05, 0) is 25.9 Å². The number of likely N-dealkylation sites (tertiary alicyclic amines) is 1. The van der Waals surface area contributed by atoms with Crippen molar-refractivity contribution in [1.29, 1.82) is 0 Å². The minimum atomic E-state index is 0.177. The minimum Gasteiger partial charge on any atom is -0.467 e. The molecule has 1 fully saturated rings. The maximum Gasteiger partial charge on any atom is 0.324 e. The summed E-state index contributed by atoms with van der Waals surface area (Å²) < 4.78 is 10.5. The lowest BCUT2D eigenvalue weighted by Gasteiger charge is -2.25. The Kier molecular flexibility index (Phi) is 5.10. The molecular weight excluding hydrogens is 248 g/mol. The Morgan fingerprint density at radius 3 is 2.58 bits per heavy atom. The first-order valence-electron chi connectivity index (χ1n) is 6.43. The normalized spacial score (nSPS) is 16.1. The number of nitrogens with two attached hydrogens (primary N) is 1. The second-order valence-electron chi connectivity index (χ2n) is 4.32. The molecule has 0 saturated carbocycles. The number of rotatable bonds is 6. The van der Waals surface area contributed by atoms with Gasteiger partial charge in [-0.3, -0.25) is 10.3 Å². The van der Waals surface area contributed by atoms with E-state index < -0.39 is 0 Å². The summed E-state index contributed by atoms with van der Waals surface area (Å²) in [7, 11) is 1.48. The quantitative estimate of drug-likeness (QED) is 0.551. The summed E-state index contributed by atoms with van der Waals surface area (Å²) in [6.07, 6.45) is 3.86. The molecule has 2 heterocycles. The molecule has 1 aliphatic rings. The molecule has 1 aromatic rings. The Bertz CT molecular complexity index is 375. The summed E-state index contributed by atoms with van der Waals surface area (Å²) in [6.45, 7) is 3.69. The fourth-order valence-electron chi connectivity index (χ4n) is 2.01. The molecule has 8 heteroatoms. The molecule has 1 saturated heterocycles. The van der Waals surface area contributed by atoms with Crippen molar-refractivity contribution in [2.75, 3.05) is 38.8 Å². The monoisotopic (exact) mass is 268 g/mol. The van der Waals surface area contributed by atoms with E-state index >= 15 is 0 Å². The van der Waals surface area contributed by atoms with Crippen LogP contribution in [0.5, 0.6) is 12.0 Å². The van der Waals surface area contributed by atoms with Gasteiger partial charge in [0.1, 0.15) is 6.61 Å². The van der Waals surface area contributed by atoms with Crippen LogP contribution < -0.4 is 20.7 Å². The van der Waals surface area contributed by atoms with Crippen LogP contribution in [0.25, 0.3) is 0 Å². The summed E-state index contributed by atoms with van der Waals surface area (Å²) in [5, 5.41) is 0. The number of hydrogen-bond donors (Lipinski definition) is 2. The van der Waals surface area contributed by atoms with E-state index in [2.05, 4.69) is 25.3 Å². The van der Waals surface area contributed by atoms with Crippen LogP contribution in [0, 0.1) is 0 Å². The Hall–Kier alpha value is -1.67. The van der Waals surface area contributed by atoms with Crippen LogP contribution in [0.2, 0.25) is 0 Å². The van der Waals surface area contributed by atoms with Gasteiger partial charge in [-0.25, -0.2) is 5.84 Å². The van der Waals surface area contributed by atoms with E-state index in [-0.39, 0.29) is 18.0 Å². The maximum atomic E-state index is 5.51. The number of anilines is 1. The van der Waals surface area contributed by atoms with Gasteiger partial charge in [-0.2, -0.15) is 9.97 Å². The van der Waals surface area contributed by atoms with E-state index in [9.17, 15) is 0 Å². The van der Waals surface area contributed by atoms with Crippen LogP contribution >= 0.6 is 0 Å². The summed E-state index contributed by atoms with van der Waals surface area (Å²) in [6, 6.07) is 0.396. The van der Waals surface area contributed by atoms with Gasteiger partial charge in [0.05, 0.1) is 7.11 Å². The van der Waals surface area contributed by atoms with Gasteiger partial charge in [0, 0.05) is 6.54 Å². The first-order chi connectivity index (χ1) is 9.31. The number of methoxy groups -OCH3 is 1. The highest BCUT2D eigenvalue weighted by Gasteiger charge is 2.11. The first kappa shape index (κ1) is 13.8. The van der Waals surface area contributed by atoms with Gasteiger partial charge in [0.15, 0.2) is 0 Å². The average Bonchev–Trinajstić information content (AvgIpc) is 2.48. The van der Waals surface area contributed by atoms with E-state index in [1.807, 2.05) is 0 Å². The third-order valence-electron chi connectivity index (χ3n) is 2.99. The fraction of sp³-hybridized carbons (Fsp3) is 0.727. The lowest BCUT2D eigenvalue weighted by Crippen LogP contribution is -2.33. The SMILES string of the molecule is COc1nc(NN)nc(OCCN2CCCCC2)n1. The lowest BCUT2D eigenvalue weighted by atomic mass is 10.1. The minimum absolute atomic E-state index is 0.177. The van der Waals surface area contributed by atoms with E-state index in [4.69, 9.17) is 15.3 Å². The van der Waals surface area contributed by atoms with Crippen LogP contribution in [0.3, 0.4) is 0 Å². The number of piperidine rings is 1. The van der Waals surface area contributed by atoms with Crippen molar-refractivity contribution >= 4 is 5.95 Å². The van der Waals surface area contributed by atoms with Crippen molar-refractivity contribution in [2.45, 2.75) is 19.3 Å². The third kappa shape index (κ3) is 4.18. The Balaban J connectivity index is 1.84. The van der Waals surface area contributed by atoms with Crippen LogP contribution in [-0.4, -0.2) is 53.2 Å². The van der Waals surface area contributed by atoms with Crippen molar-refractivity contribution in [3.63, 3.8) is 0 Å². The highest BCUT2D eigenvalue weighted by molar-refractivity contribution is 5.25. The maximum absolute atomic E-state index is 5.51. The molecule has 0 bridgehead atoms. The number of hydrazine groups is 1. The molecular formula is C11H20N6O2. The highest BCUT2D eigenvalue weighted by Crippen LogP contribution is 2.12. The molecule has 8 nitrogen and oxygen atoms in total. The molecule has 0 aromatic carbocycles. The van der Waals surface area contributed by atoms with Crippen molar-refractivity contribution in [2.24, 2.45) is 5.84 Å². The van der Waals surface area contributed by atoms with Gasteiger partial charge >= 0.3 is 12.0 Å². The molecule has 0 aliphatic carbocycles. The lowest BCUT2D eigenvalue weighted by molar-refractivity contribution is 0.176. The Morgan fingerprint density at radius 1 is 1.16 bits per heavy atom. The molecule has 3 N–H and O–H groups in total. The molecule has 0 amide bonds. The van der Waals surface area contributed by atoms with Gasteiger partial charge in [0.2, 0.25) is 5.95 Å². The smallest absolute Gasteiger partial charge is 0.324 e. The van der Waals surface area contributed by atoms with Gasteiger partial charge in [-0.1, -0.05) is 6.42 Å². The van der Waals surface area contributed by atoms with E-state index in [1.165, 1.54) is 26.4 Å². The zero-order valence-electron chi connectivity index (χ0n) is 11.1. The highest BCUT2D eigenvalue weighted by atomic mass is 16.5. The molecule has 0 atom stereocenters. The van der Waals surface area contributed by atoms with E-state index in [0.29, 0.717) is 6.61 Å². The van der Waals surface area contributed by atoms with Crippen molar-refractivity contribution in [3.05, 3.63) is 0 Å². The van der Waals surface area contributed by atoms with Crippen molar-refractivity contribution < 1.29 is 9.47 Å². The topological polar surface area (TPSA) is 98.4 Å². The fourth-order valence-corrected chi connectivity index (χ4v) is 2.01. The molecule has 1 aromatic heterocycles. The molecule has 1 aliphatic heterocycles. The zero-order chi connectivity index (χ0) is 13.5.